The van der Waals surface area contributed by atoms with Crippen molar-refractivity contribution in [2.75, 3.05) is 19.1 Å². The van der Waals surface area contributed by atoms with Gasteiger partial charge >= 0.3 is 5.97 Å². The molecule has 0 aromatic carbocycles. The van der Waals surface area contributed by atoms with Crippen molar-refractivity contribution >= 4 is 27.4 Å². The molecule has 18 heavy (non-hydrogen) atoms. The first-order valence-corrected chi connectivity index (χ1v) is 6.50. The fourth-order valence-electron chi connectivity index (χ4n) is 0.908. The average Bonchev–Trinajstić information content (AvgIpc) is 2.22. The number of carbonyl (C=O) groups excluding carboxylic acids is 1. The van der Waals surface area contributed by atoms with Crippen LogP contribution in [0.4, 0.5) is 0 Å². The monoisotopic (exact) mass is 277 g/mol. The van der Waals surface area contributed by atoms with Crippen molar-refractivity contribution in [1.82, 2.24) is 5.32 Å². The van der Waals surface area contributed by atoms with E-state index in [1.807, 2.05) is 5.32 Å². The minimum absolute atomic E-state index is 0.711. The van der Waals surface area contributed by atoms with E-state index in [1.54, 1.807) is 0 Å². The fraction of sp³-hybridized carbons (Fsp3) is 0.500. The summed E-state index contributed by atoms with van der Waals surface area (Å²) in [5.74, 6) is -3.46. The molecule has 9 nitrogen and oxygen atoms in total. The number of oxime groups is 1. The summed E-state index contributed by atoms with van der Waals surface area (Å²) in [6, 6.07) is -0.284. The molecule has 1 unspecified atom stereocenters. The van der Waals surface area contributed by atoms with Gasteiger partial charge in [-0.1, -0.05) is 5.16 Å². The maximum Gasteiger partial charge on any atom is 0.327 e. The van der Waals surface area contributed by atoms with Crippen molar-refractivity contribution < 1.29 is 28.0 Å². The molecule has 0 heterocycles. The number of sulfone groups is 1. The van der Waals surface area contributed by atoms with Crippen LogP contribution >= 0.6 is 0 Å². The zero-order valence-electron chi connectivity index (χ0n) is 9.58. The summed E-state index contributed by atoms with van der Waals surface area (Å²) in [6.07, 6.45) is 0.823. The smallest absolute Gasteiger partial charge is 0.327 e. The first-order chi connectivity index (χ1) is 8.21. The zero-order chi connectivity index (χ0) is 14.3. The van der Waals surface area contributed by atoms with Crippen molar-refractivity contribution in [3.63, 3.8) is 0 Å². The van der Waals surface area contributed by atoms with Gasteiger partial charge in [0.15, 0.2) is 0 Å². The van der Waals surface area contributed by atoms with E-state index in [-0.39, 0.29) is 0 Å². The molecule has 0 aliphatic heterocycles. The summed E-state index contributed by atoms with van der Waals surface area (Å²) >= 11 is 0. The number of nitrogens with zero attached hydrogens (tertiary/aromatic N) is 2. The molecule has 0 rings (SSSR count). The molecule has 0 saturated heterocycles. The lowest BCUT2D eigenvalue weighted by molar-refractivity contribution is -0.140. The van der Waals surface area contributed by atoms with Crippen LogP contribution in [0.15, 0.2) is 5.16 Å². The number of amides is 1. The lowest BCUT2D eigenvalue weighted by Crippen LogP contribution is -2.47. The van der Waals surface area contributed by atoms with Crippen LogP contribution in [0.2, 0.25) is 0 Å². The Bertz CT molecular complexity index is 503. The van der Waals surface area contributed by atoms with E-state index >= 15 is 0 Å². The molecular weight excluding hydrogens is 266 g/mol. The number of rotatable bonds is 6. The molecule has 1 amide bonds. The van der Waals surface area contributed by atoms with Gasteiger partial charge in [0.2, 0.25) is 5.71 Å². The molecular formula is C8H11N3O6S. The number of hydrogen-bond acceptors (Lipinski definition) is 7. The second-order valence-corrected chi connectivity index (χ2v) is 5.38. The van der Waals surface area contributed by atoms with Crippen LogP contribution in [0, 0.1) is 11.3 Å². The molecule has 0 aromatic rings. The number of aliphatic carboxylic acids is 1. The Labute approximate surface area is 103 Å². The van der Waals surface area contributed by atoms with E-state index in [2.05, 4.69) is 9.99 Å². The average molecular weight is 277 g/mol. The summed E-state index contributed by atoms with van der Waals surface area (Å²) in [4.78, 5) is 26.3. The maximum atomic E-state index is 11.4. The quantitative estimate of drug-likeness (QED) is 0.427. The van der Waals surface area contributed by atoms with Crippen LogP contribution in [0.3, 0.4) is 0 Å². The van der Waals surface area contributed by atoms with Gasteiger partial charge in [-0.2, -0.15) is 5.26 Å². The second-order valence-electron chi connectivity index (χ2n) is 3.19. The number of nitriles is 1. The lowest BCUT2D eigenvalue weighted by atomic mass is 10.3. The maximum absolute atomic E-state index is 11.4. The molecule has 0 aliphatic carbocycles. The molecule has 0 bridgehead atoms. The normalized spacial score (nSPS) is 13.3. The fourth-order valence-corrected chi connectivity index (χ4v) is 1.74. The summed E-state index contributed by atoms with van der Waals surface area (Å²) in [5.41, 5.74) is -0.711. The summed E-state index contributed by atoms with van der Waals surface area (Å²) in [5, 5.41) is 22.2. The number of carbonyl (C=O) groups is 2. The van der Waals surface area contributed by atoms with E-state index in [9.17, 15) is 18.0 Å². The summed E-state index contributed by atoms with van der Waals surface area (Å²) in [6.45, 7) is 0. The minimum atomic E-state index is -3.61. The van der Waals surface area contributed by atoms with Crippen molar-refractivity contribution in [2.24, 2.45) is 5.16 Å². The van der Waals surface area contributed by atoms with E-state index in [4.69, 9.17) is 10.4 Å². The van der Waals surface area contributed by atoms with Crippen molar-refractivity contribution in [3.05, 3.63) is 0 Å². The Morgan fingerprint density at radius 3 is 2.44 bits per heavy atom. The van der Waals surface area contributed by atoms with Gasteiger partial charge in [0.05, 0.1) is 5.75 Å². The van der Waals surface area contributed by atoms with Gasteiger partial charge in [0.1, 0.15) is 29.1 Å². The highest BCUT2D eigenvalue weighted by Crippen LogP contribution is 1.93. The molecule has 2 N–H and O–H groups in total. The molecule has 0 aromatic heterocycles. The summed E-state index contributed by atoms with van der Waals surface area (Å²) in [7, 11) is -2.52. The highest BCUT2D eigenvalue weighted by atomic mass is 32.2. The van der Waals surface area contributed by atoms with Gasteiger partial charge < -0.3 is 15.3 Å². The van der Waals surface area contributed by atoms with Gasteiger partial charge in [-0.05, 0) is 0 Å². The van der Waals surface area contributed by atoms with Crippen LogP contribution in [-0.2, 0) is 24.3 Å². The van der Waals surface area contributed by atoms with Crippen molar-refractivity contribution in [3.8, 4) is 6.07 Å². The van der Waals surface area contributed by atoms with E-state index in [1.165, 1.54) is 6.07 Å². The Balaban J connectivity index is 4.92. The molecule has 1 atom stereocenters. The Kier molecular flexibility index (Phi) is 5.77. The molecule has 0 spiro atoms. The zero-order valence-corrected chi connectivity index (χ0v) is 10.4. The third kappa shape index (κ3) is 5.80. The lowest BCUT2D eigenvalue weighted by Gasteiger charge is -2.12. The largest absolute Gasteiger partial charge is 0.480 e. The van der Waals surface area contributed by atoms with Crippen LogP contribution in [0.5, 0.6) is 0 Å². The van der Waals surface area contributed by atoms with E-state index in [0.29, 0.717) is 0 Å². The first kappa shape index (κ1) is 15.9. The summed E-state index contributed by atoms with van der Waals surface area (Å²) < 4.78 is 21.9. The standard InChI is InChI=1S/C8H11N3O6S/c1-17-11-5(3-9)7(12)10-6(8(13)14)4-18(2,15)16/h6H,4H2,1-2H3,(H,10,12)(H,13,14)/b11-5-. The van der Waals surface area contributed by atoms with Crippen LogP contribution < -0.4 is 5.32 Å². The topological polar surface area (TPSA) is 146 Å². The minimum Gasteiger partial charge on any atom is -0.480 e. The third-order valence-electron chi connectivity index (χ3n) is 1.58. The Morgan fingerprint density at radius 1 is 1.56 bits per heavy atom. The molecule has 10 heteroatoms. The second kappa shape index (κ2) is 6.55. The first-order valence-electron chi connectivity index (χ1n) is 4.44. The van der Waals surface area contributed by atoms with Gasteiger partial charge in [-0.25, -0.2) is 13.2 Å². The number of hydrogen-bond donors (Lipinski definition) is 2. The van der Waals surface area contributed by atoms with Crippen LogP contribution in [0.25, 0.3) is 0 Å². The van der Waals surface area contributed by atoms with E-state index < -0.39 is 39.2 Å². The number of carboxylic acids is 1. The molecule has 0 aliphatic rings. The predicted molar refractivity (Wildman–Crippen MR) is 59.3 cm³/mol. The number of carboxylic acid groups (broad SMARTS) is 1. The number of nitrogens with one attached hydrogen (secondary N) is 1. The Hall–Kier alpha value is -2.15. The molecule has 0 fully saturated rings. The predicted octanol–water partition coefficient (Wildman–Crippen LogP) is -1.87. The Morgan fingerprint density at radius 2 is 2.11 bits per heavy atom. The van der Waals surface area contributed by atoms with Gasteiger partial charge in [0.25, 0.3) is 5.91 Å². The van der Waals surface area contributed by atoms with Crippen molar-refractivity contribution in [2.45, 2.75) is 6.04 Å². The van der Waals surface area contributed by atoms with Crippen LogP contribution in [-0.4, -0.2) is 56.3 Å². The molecule has 0 radical (unpaired) electrons. The molecule has 0 saturated carbocycles. The van der Waals surface area contributed by atoms with Gasteiger partial charge in [-0.3, -0.25) is 4.79 Å². The van der Waals surface area contributed by atoms with Crippen LogP contribution in [0.1, 0.15) is 0 Å². The third-order valence-corrected chi connectivity index (χ3v) is 2.52. The molecule has 100 valence electrons. The highest BCUT2D eigenvalue weighted by molar-refractivity contribution is 7.90. The van der Waals surface area contributed by atoms with Gasteiger partial charge in [-0.15, -0.1) is 0 Å². The van der Waals surface area contributed by atoms with Crippen molar-refractivity contribution in [1.29, 1.82) is 5.26 Å². The van der Waals surface area contributed by atoms with Gasteiger partial charge in [0, 0.05) is 6.26 Å². The SMILES string of the molecule is CO/N=C(/C#N)C(=O)NC(CS(C)(=O)=O)C(=O)O. The van der Waals surface area contributed by atoms with E-state index in [0.717, 1.165) is 13.4 Å². The highest BCUT2D eigenvalue weighted by Gasteiger charge is 2.26.